The van der Waals surface area contributed by atoms with Gasteiger partial charge in [0, 0.05) is 56.4 Å². The molecule has 0 bridgehead atoms. The second-order valence-corrected chi connectivity index (χ2v) is 10.2. The number of pyridine rings is 1. The Hall–Kier alpha value is -3.45. The normalized spacial score (nSPS) is 17.7. The van der Waals surface area contributed by atoms with Gasteiger partial charge in [-0.2, -0.15) is 5.26 Å². The summed E-state index contributed by atoms with van der Waals surface area (Å²) in [6.07, 6.45) is 5.43. The molecule has 198 valence electrons. The van der Waals surface area contributed by atoms with E-state index in [0.29, 0.717) is 59.8 Å². The van der Waals surface area contributed by atoms with Crippen molar-refractivity contribution in [2.75, 3.05) is 40.4 Å². The molecule has 4 heterocycles. The predicted octanol–water partition coefficient (Wildman–Crippen LogP) is 4.00. The predicted molar refractivity (Wildman–Crippen MR) is 141 cm³/mol. The van der Waals surface area contributed by atoms with Gasteiger partial charge in [0.1, 0.15) is 29.6 Å². The third-order valence-corrected chi connectivity index (χ3v) is 7.42. The summed E-state index contributed by atoms with van der Waals surface area (Å²) in [4.78, 5) is 18.0. The average Bonchev–Trinajstić information content (AvgIpc) is 2.88. The first-order valence-electron chi connectivity index (χ1n) is 13.1. The quantitative estimate of drug-likeness (QED) is 0.444. The number of nitrogens with zero attached hydrogens (tertiary/aromatic N) is 6. The van der Waals surface area contributed by atoms with E-state index in [0.717, 1.165) is 31.5 Å². The van der Waals surface area contributed by atoms with Gasteiger partial charge in [-0.1, -0.05) is 0 Å². The lowest BCUT2D eigenvalue weighted by atomic mass is 10.0. The summed E-state index contributed by atoms with van der Waals surface area (Å²) >= 11 is 0. The average molecular weight is 517 g/mol. The molecule has 2 aliphatic heterocycles. The van der Waals surface area contributed by atoms with Crippen LogP contribution in [0.2, 0.25) is 0 Å². The van der Waals surface area contributed by atoms with Gasteiger partial charge in [-0.15, -0.1) is 0 Å². The summed E-state index contributed by atoms with van der Waals surface area (Å²) in [6.45, 7) is 5.16. The fraction of sp³-hybridized carbons (Fsp3) is 0.448. The van der Waals surface area contributed by atoms with Gasteiger partial charge in [0.15, 0.2) is 0 Å². The molecule has 1 atom stereocenters. The lowest BCUT2D eigenvalue weighted by Gasteiger charge is -2.45. The van der Waals surface area contributed by atoms with Gasteiger partial charge >= 0.3 is 0 Å². The van der Waals surface area contributed by atoms with Crippen LogP contribution in [0.25, 0.3) is 11.3 Å². The Morgan fingerprint density at radius 1 is 1.18 bits per heavy atom. The smallest absolute Gasteiger partial charge is 0.146 e. The van der Waals surface area contributed by atoms with Crippen molar-refractivity contribution in [2.45, 2.75) is 44.4 Å². The molecule has 3 aromatic rings. The minimum atomic E-state index is -0.307. The first-order valence-corrected chi connectivity index (χ1v) is 13.1. The van der Waals surface area contributed by atoms with Crippen LogP contribution in [0.15, 0.2) is 42.7 Å². The van der Waals surface area contributed by atoms with E-state index in [4.69, 9.17) is 9.47 Å². The molecule has 38 heavy (non-hydrogen) atoms. The van der Waals surface area contributed by atoms with Crippen LogP contribution in [0, 0.1) is 17.1 Å². The van der Waals surface area contributed by atoms with Gasteiger partial charge < -0.3 is 14.4 Å². The van der Waals surface area contributed by atoms with Crippen molar-refractivity contribution in [1.82, 2.24) is 24.8 Å². The van der Waals surface area contributed by atoms with E-state index < -0.39 is 0 Å². The standard InChI is InChI=1S/C29H33FN6O2/c1-19(36-17-23(18-36)35(2)3)29-25(30)12-20(16-33-29)13-28-32-9-6-26(34-28)21-4-5-27(22(14-21)15-31)38-24-7-10-37-11-8-24/h4-6,9,12,14,16,19,23-24H,7-8,10-11,13,17-18H2,1-3H3. The highest BCUT2D eigenvalue weighted by atomic mass is 19.1. The summed E-state index contributed by atoms with van der Waals surface area (Å²) in [5.41, 5.74) is 3.12. The second-order valence-electron chi connectivity index (χ2n) is 10.2. The van der Waals surface area contributed by atoms with E-state index in [1.165, 1.54) is 6.07 Å². The number of nitriles is 1. The number of hydrogen-bond acceptors (Lipinski definition) is 8. The van der Waals surface area contributed by atoms with Crippen molar-refractivity contribution in [3.05, 3.63) is 71.2 Å². The lowest BCUT2D eigenvalue weighted by molar-refractivity contribution is 0.0254. The van der Waals surface area contributed by atoms with Crippen LogP contribution in [0.4, 0.5) is 4.39 Å². The Labute approximate surface area is 223 Å². The molecule has 0 aliphatic carbocycles. The van der Waals surface area contributed by atoms with Crippen molar-refractivity contribution >= 4 is 0 Å². The molecule has 0 saturated carbocycles. The molecule has 2 saturated heterocycles. The largest absolute Gasteiger partial charge is 0.489 e. The van der Waals surface area contributed by atoms with E-state index in [1.54, 1.807) is 24.5 Å². The minimum Gasteiger partial charge on any atom is -0.489 e. The fourth-order valence-corrected chi connectivity index (χ4v) is 4.88. The molecule has 2 aliphatic rings. The van der Waals surface area contributed by atoms with Gasteiger partial charge in [-0.05, 0) is 56.9 Å². The van der Waals surface area contributed by atoms with Crippen LogP contribution in [-0.4, -0.2) is 77.3 Å². The minimum absolute atomic E-state index is 0.0524. The Balaban J connectivity index is 1.27. The maximum absolute atomic E-state index is 15.0. The number of halogens is 1. The first kappa shape index (κ1) is 26.2. The molecular weight excluding hydrogens is 483 g/mol. The molecule has 0 amide bonds. The highest BCUT2D eigenvalue weighted by Crippen LogP contribution is 2.29. The number of likely N-dealkylation sites (tertiary alicyclic amines) is 1. The molecule has 0 radical (unpaired) electrons. The second kappa shape index (κ2) is 11.5. The number of ether oxygens (including phenoxy) is 2. The number of benzene rings is 1. The van der Waals surface area contributed by atoms with Crippen LogP contribution in [-0.2, 0) is 11.2 Å². The molecule has 8 nitrogen and oxygen atoms in total. The number of hydrogen-bond donors (Lipinski definition) is 0. The fourth-order valence-electron chi connectivity index (χ4n) is 4.88. The summed E-state index contributed by atoms with van der Waals surface area (Å²) < 4.78 is 26.5. The van der Waals surface area contributed by atoms with Gasteiger partial charge in [0.25, 0.3) is 0 Å². The van der Waals surface area contributed by atoms with Crippen molar-refractivity contribution in [2.24, 2.45) is 0 Å². The topological polar surface area (TPSA) is 87.4 Å². The Morgan fingerprint density at radius 3 is 2.68 bits per heavy atom. The van der Waals surface area contributed by atoms with Crippen LogP contribution in [0.3, 0.4) is 0 Å². The maximum Gasteiger partial charge on any atom is 0.146 e. The van der Waals surface area contributed by atoms with E-state index >= 15 is 4.39 Å². The SMILES string of the molecule is CC(c1ncc(Cc2nccc(-c3ccc(OC4CCOCC4)c(C#N)c3)n2)cc1F)N1CC(N(C)C)C1. The maximum atomic E-state index is 15.0. The molecule has 0 spiro atoms. The summed E-state index contributed by atoms with van der Waals surface area (Å²) in [7, 11) is 4.13. The highest BCUT2D eigenvalue weighted by Gasteiger charge is 2.33. The van der Waals surface area contributed by atoms with E-state index in [-0.39, 0.29) is 18.0 Å². The highest BCUT2D eigenvalue weighted by molar-refractivity contribution is 5.64. The number of likely N-dealkylation sites (N-methyl/N-ethyl adjacent to an activating group) is 1. The summed E-state index contributed by atoms with van der Waals surface area (Å²) in [5.74, 6) is 0.823. The molecule has 1 unspecified atom stereocenters. The molecule has 2 aromatic heterocycles. The molecule has 1 aromatic carbocycles. The van der Waals surface area contributed by atoms with Crippen LogP contribution < -0.4 is 4.74 Å². The number of aromatic nitrogens is 3. The zero-order valence-corrected chi connectivity index (χ0v) is 22.1. The van der Waals surface area contributed by atoms with Crippen LogP contribution in [0.5, 0.6) is 5.75 Å². The van der Waals surface area contributed by atoms with Crippen LogP contribution in [0.1, 0.15) is 48.5 Å². The molecule has 9 heteroatoms. The molecule has 2 fully saturated rings. The summed E-state index contributed by atoms with van der Waals surface area (Å²) in [5, 5.41) is 9.71. The Kier molecular flexibility index (Phi) is 7.93. The Bertz CT molecular complexity index is 1310. The van der Waals surface area contributed by atoms with Crippen LogP contribution >= 0.6 is 0 Å². The van der Waals surface area contributed by atoms with Crippen molar-refractivity contribution in [3.8, 4) is 23.1 Å². The van der Waals surface area contributed by atoms with Gasteiger partial charge in [-0.3, -0.25) is 9.88 Å². The first-order chi connectivity index (χ1) is 18.4. The molecule has 5 rings (SSSR count). The molecular formula is C29H33FN6O2. The third kappa shape index (κ3) is 5.83. The molecule has 0 N–H and O–H groups in total. The van der Waals surface area contributed by atoms with E-state index in [9.17, 15) is 5.26 Å². The van der Waals surface area contributed by atoms with E-state index in [1.807, 2.05) is 19.1 Å². The number of rotatable bonds is 8. The Morgan fingerprint density at radius 2 is 1.97 bits per heavy atom. The zero-order valence-electron chi connectivity index (χ0n) is 22.1. The van der Waals surface area contributed by atoms with Gasteiger partial charge in [0.05, 0.1) is 36.2 Å². The zero-order chi connectivity index (χ0) is 26.6. The monoisotopic (exact) mass is 516 g/mol. The lowest BCUT2D eigenvalue weighted by Crippen LogP contribution is -2.57. The summed E-state index contributed by atoms with van der Waals surface area (Å²) in [6, 6.07) is 11.5. The van der Waals surface area contributed by atoms with Crippen molar-refractivity contribution < 1.29 is 13.9 Å². The van der Waals surface area contributed by atoms with Crippen molar-refractivity contribution in [1.29, 1.82) is 5.26 Å². The van der Waals surface area contributed by atoms with Gasteiger partial charge in [-0.25, -0.2) is 14.4 Å². The third-order valence-electron chi connectivity index (χ3n) is 7.42. The van der Waals surface area contributed by atoms with Gasteiger partial charge in [0.2, 0.25) is 0 Å². The van der Waals surface area contributed by atoms with Crippen molar-refractivity contribution in [3.63, 3.8) is 0 Å². The van der Waals surface area contributed by atoms with E-state index in [2.05, 4.69) is 44.9 Å².